The quantitative estimate of drug-likeness (QED) is 0.732. The van der Waals surface area contributed by atoms with E-state index >= 15 is 0 Å². The molecule has 5 heteroatoms. The Labute approximate surface area is 109 Å². The number of nitrogens with one attached hydrogen (secondary N) is 1. The van der Waals surface area contributed by atoms with Crippen molar-refractivity contribution in [1.82, 2.24) is 10.2 Å². The van der Waals surface area contributed by atoms with Crippen molar-refractivity contribution in [2.24, 2.45) is 5.92 Å². The molecular formula is C13H24N2O3. The van der Waals surface area contributed by atoms with E-state index in [1.807, 2.05) is 25.7 Å². The van der Waals surface area contributed by atoms with E-state index in [1.165, 1.54) is 12.8 Å². The van der Waals surface area contributed by atoms with Crippen LogP contribution in [0.4, 0.5) is 4.79 Å². The molecule has 0 aromatic heterocycles. The van der Waals surface area contributed by atoms with Crippen LogP contribution >= 0.6 is 0 Å². The zero-order chi connectivity index (χ0) is 13.7. The third kappa shape index (κ3) is 5.38. The van der Waals surface area contributed by atoms with E-state index in [4.69, 9.17) is 5.11 Å². The Morgan fingerprint density at radius 3 is 2.39 bits per heavy atom. The lowest BCUT2D eigenvalue weighted by Crippen LogP contribution is -2.47. The minimum absolute atomic E-state index is 0.0743. The van der Waals surface area contributed by atoms with Crippen LogP contribution in [0.15, 0.2) is 0 Å². The standard InChI is InChI=1S/C13H24N2O3/c1-9(2)15(8-11-5-6-11)13(18)14-10(3)4-7-12(16)17/h9-11H,4-8H2,1-3H3,(H,14,18)(H,16,17). The maximum Gasteiger partial charge on any atom is 0.317 e. The Kier molecular flexibility index (Phi) is 5.44. The molecule has 0 heterocycles. The highest BCUT2D eigenvalue weighted by molar-refractivity contribution is 5.75. The van der Waals surface area contributed by atoms with Crippen molar-refractivity contribution >= 4 is 12.0 Å². The number of carboxylic acids is 1. The number of carbonyl (C=O) groups excluding carboxylic acids is 1. The number of amides is 2. The fraction of sp³-hybridized carbons (Fsp3) is 0.846. The van der Waals surface area contributed by atoms with Gasteiger partial charge in [-0.2, -0.15) is 0 Å². The van der Waals surface area contributed by atoms with Gasteiger partial charge in [0.25, 0.3) is 0 Å². The highest BCUT2D eigenvalue weighted by Gasteiger charge is 2.28. The minimum Gasteiger partial charge on any atom is -0.481 e. The molecule has 1 aliphatic rings. The smallest absolute Gasteiger partial charge is 0.317 e. The molecule has 1 atom stereocenters. The number of aliphatic carboxylic acids is 1. The van der Waals surface area contributed by atoms with Crippen LogP contribution < -0.4 is 5.32 Å². The van der Waals surface area contributed by atoms with E-state index in [0.29, 0.717) is 12.3 Å². The van der Waals surface area contributed by atoms with Crippen LogP contribution in [0.5, 0.6) is 0 Å². The fourth-order valence-corrected chi connectivity index (χ4v) is 1.81. The molecule has 1 rings (SSSR count). The average molecular weight is 256 g/mol. The van der Waals surface area contributed by atoms with Crippen molar-refractivity contribution in [1.29, 1.82) is 0 Å². The maximum atomic E-state index is 12.1. The van der Waals surface area contributed by atoms with E-state index in [9.17, 15) is 9.59 Å². The second-order valence-electron chi connectivity index (χ2n) is 5.47. The Balaban J connectivity index is 2.37. The van der Waals surface area contributed by atoms with Gasteiger partial charge in [0.05, 0.1) is 0 Å². The Hall–Kier alpha value is -1.26. The van der Waals surface area contributed by atoms with Gasteiger partial charge in [-0.25, -0.2) is 4.79 Å². The molecule has 1 unspecified atom stereocenters. The largest absolute Gasteiger partial charge is 0.481 e. The Bertz CT molecular complexity index is 301. The number of carbonyl (C=O) groups is 2. The van der Waals surface area contributed by atoms with Gasteiger partial charge in [0.2, 0.25) is 0 Å². The van der Waals surface area contributed by atoms with Crippen molar-refractivity contribution < 1.29 is 14.7 Å². The van der Waals surface area contributed by atoms with Crippen LogP contribution in [0.1, 0.15) is 46.5 Å². The predicted molar refractivity (Wildman–Crippen MR) is 69.4 cm³/mol. The lowest BCUT2D eigenvalue weighted by Gasteiger charge is -2.28. The van der Waals surface area contributed by atoms with Crippen LogP contribution in [0, 0.1) is 5.92 Å². The van der Waals surface area contributed by atoms with Crippen LogP contribution in [-0.2, 0) is 4.79 Å². The topological polar surface area (TPSA) is 69.6 Å². The van der Waals surface area contributed by atoms with Gasteiger partial charge in [-0.05, 0) is 46.0 Å². The molecule has 0 aliphatic heterocycles. The molecule has 1 aliphatic carbocycles. The van der Waals surface area contributed by atoms with Crippen LogP contribution in [0.25, 0.3) is 0 Å². The molecule has 0 radical (unpaired) electrons. The van der Waals surface area contributed by atoms with Crippen LogP contribution in [-0.4, -0.2) is 40.6 Å². The number of hydrogen-bond donors (Lipinski definition) is 2. The van der Waals surface area contributed by atoms with Gasteiger partial charge in [0.15, 0.2) is 0 Å². The molecule has 2 amide bonds. The van der Waals surface area contributed by atoms with Crippen LogP contribution in [0.3, 0.4) is 0 Å². The molecule has 104 valence electrons. The summed E-state index contributed by atoms with van der Waals surface area (Å²) < 4.78 is 0. The summed E-state index contributed by atoms with van der Waals surface area (Å²) in [6.07, 6.45) is 2.98. The summed E-state index contributed by atoms with van der Waals surface area (Å²) in [5.41, 5.74) is 0. The monoisotopic (exact) mass is 256 g/mol. The van der Waals surface area contributed by atoms with Crippen molar-refractivity contribution in [3.05, 3.63) is 0 Å². The second-order valence-corrected chi connectivity index (χ2v) is 5.47. The van der Waals surface area contributed by atoms with Crippen molar-refractivity contribution in [3.8, 4) is 0 Å². The van der Waals surface area contributed by atoms with Gasteiger partial charge >= 0.3 is 12.0 Å². The first-order valence-electron chi connectivity index (χ1n) is 6.69. The van der Waals surface area contributed by atoms with Gasteiger partial charge in [0, 0.05) is 25.0 Å². The molecule has 0 saturated heterocycles. The Morgan fingerprint density at radius 2 is 1.94 bits per heavy atom. The highest BCUT2D eigenvalue weighted by Crippen LogP contribution is 2.30. The molecule has 0 aromatic rings. The fourth-order valence-electron chi connectivity index (χ4n) is 1.81. The van der Waals surface area contributed by atoms with E-state index in [1.54, 1.807) is 0 Å². The third-order valence-corrected chi connectivity index (χ3v) is 3.20. The number of urea groups is 1. The summed E-state index contributed by atoms with van der Waals surface area (Å²) in [5, 5.41) is 11.5. The van der Waals surface area contributed by atoms with Crippen molar-refractivity contribution in [2.45, 2.75) is 58.5 Å². The molecule has 18 heavy (non-hydrogen) atoms. The van der Waals surface area contributed by atoms with Gasteiger partial charge < -0.3 is 15.3 Å². The minimum atomic E-state index is -0.824. The molecule has 5 nitrogen and oxygen atoms in total. The zero-order valence-electron chi connectivity index (χ0n) is 11.5. The van der Waals surface area contributed by atoms with E-state index in [0.717, 1.165) is 6.54 Å². The first-order chi connectivity index (χ1) is 8.40. The molecule has 0 aromatic carbocycles. The molecule has 0 spiro atoms. The third-order valence-electron chi connectivity index (χ3n) is 3.20. The van der Waals surface area contributed by atoms with Gasteiger partial charge in [-0.15, -0.1) is 0 Å². The normalized spacial score (nSPS) is 16.4. The number of nitrogens with zero attached hydrogens (tertiary/aromatic N) is 1. The summed E-state index contributed by atoms with van der Waals surface area (Å²) >= 11 is 0. The summed E-state index contributed by atoms with van der Waals surface area (Å²) in [5.74, 6) is -0.165. The van der Waals surface area contributed by atoms with Gasteiger partial charge in [-0.1, -0.05) is 0 Å². The lowest BCUT2D eigenvalue weighted by molar-refractivity contribution is -0.137. The average Bonchev–Trinajstić information content (AvgIpc) is 3.06. The summed E-state index contributed by atoms with van der Waals surface area (Å²) in [6, 6.07) is 0.00103. The second kappa shape index (κ2) is 6.61. The van der Waals surface area contributed by atoms with Crippen LogP contribution in [0.2, 0.25) is 0 Å². The molecule has 2 N–H and O–H groups in total. The first-order valence-corrected chi connectivity index (χ1v) is 6.69. The highest BCUT2D eigenvalue weighted by atomic mass is 16.4. The van der Waals surface area contributed by atoms with E-state index < -0.39 is 5.97 Å². The van der Waals surface area contributed by atoms with Gasteiger partial charge in [-0.3, -0.25) is 4.79 Å². The first kappa shape index (κ1) is 14.8. The number of carboxylic acid groups (broad SMARTS) is 1. The van der Waals surface area contributed by atoms with Crippen molar-refractivity contribution in [3.63, 3.8) is 0 Å². The summed E-state index contributed by atoms with van der Waals surface area (Å²) in [6.45, 7) is 6.67. The molecule has 1 saturated carbocycles. The van der Waals surface area contributed by atoms with Crippen molar-refractivity contribution in [2.75, 3.05) is 6.54 Å². The lowest BCUT2D eigenvalue weighted by atomic mass is 10.2. The SMILES string of the molecule is CC(CCC(=O)O)NC(=O)N(CC1CC1)C(C)C. The molecular weight excluding hydrogens is 232 g/mol. The summed E-state index contributed by atoms with van der Waals surface area (Å²) in [4.78, 5) is 24.4. The number of rotatable bonds is 7. The molecule has 1 fully saturated rings. The van der Waals surface area contributed by atoms with Gasteiger partial charge in [0.1, 0.15) is 0 Å². The predicted octanol–water partition coefficient (Wildman–Crippen LogP) is 2.07. The maximum absolute atomic E-state index is 12.1. The van der Waals surface area contributed by atoms with E-state index in [2.05, 4.69) is 5.32 Å². The molecule has 0 bridgehead atoms. The zero-order valence-corrected chi connectivity index (χ0v) is 11.5. The van der Waals surface area contributed by atoms with E-state index in [-0.39, 0.29) is 24.5 Å². The Morgan fingerprint density at radius 1 is 1.33 bits per heavy atom. The summed E-state index contributed by atoms with van der Waals surface area (Å²) in [7, 11) is 0. The number of hydrogen-bond acceptors (Lipinski definition) is 2.